The Labute approximate surface area is 153 Å². The fraction of sp³-hybridized carbons (Fsp3) is 0.316. The van der Waals surface area contributed by atoms with Crippen LogP contribution in [0.2, 0.25) is 0 Å². The van der Waals surface area contributed by atoms with E-state index < -0.39 is 17.6 Å². The highest BCUT2D eigenvalue weighted by Crippen LogP contribution is 2.31. The Balaban J connectivity index is 1.71. The number of amides is 1. The molecule has 2 aromatic rings. The first kappa shape index (κ1) is 18.8. The SMILES string of the molecule is O=C(Nc1cccc(C(F)(F)F)c1)c1ccccc1SC[C@@H]1CCCO1. The normalized spacial score (nSPS) is 17.3. The van der Waals surface area contributed by atoms with Gasteiger partial charge < -0.3 is 10.1 Å². The van der Waals surface area contributed by atoms with Gasteiger partial charge in [-0.25, -0.2) is 0 Å². The van der Waals surface area contributed by atoms with Gasteiger partial charge in [-0.1, -0.05) is 18.2 Å². The van der Waals surface area contributed by atoms with Gasteiger partial charge in [-0.05, 0) is 43.2 Å². The number of alkyl halides is 3. The van der Waals surface area contributed by atoms with Crippen LogP contribution in [0.25, 0.3) is 0 Å². The minimum absolute atomic E-state index is 0.115. The zero-order chi connectivity index (χ0) is 18.6. The number of halogens is 3. The minimum Gasteiger partial charge on any atom is -0.377 e. The van der Waals surface area contributed by atoms with Crippen LogP contribution in [0.1, 0.15) is 28.8 Å². The molecule has 0 saturated carbocycles. The number of anilines is 1. The van der Waals surface area contributed by atoms with Gasteiger partial charge in [0.15, 0.2) is 0 Å². The molecule has 1 saturated heterocycles. The second-order valence-electron chi connectivity index (χ2n) is 5.97. The summed E-state index contributed by atoms with van der Waals surface area (Å²) in [7, 11) is 0. The van der Waals surface area contributed by atoms with Gasteiger partial charge in [0.25, 0.3) is 5.91 Å². The summed E-state index contributed by atoms with van der Waals surface area (Å²) in [6, 6.07) is 11.7. The van der Waals surface area contributed by atoms with Crippen LogP contribution in [-0.2, 0) is 10.9 Å². The molecular formula is C19H18F3NO2S. The molecule has 1 aliphatic rings. The van der Waals surface area contributed by atoms with Crippen LogP contribution in [0.4, 0.5) is 18.9 Å². The van der Waals surface area contributed by atoms with Gasteiger partial charge in [-0.2, -0.15) is 13.2 Å². The third kappa shape index (κ3) is 4.80. The summed E-state index contributed by atoms with van der Waals surface area (Å²) in [6.07, 6.45) is -2.22. The van der Waals surface area contributed by atoms with Crippen LogP contribution in [0.15, 0.2) is 53.4 Å². The minimum atomic E-state index is -4.45. The molecule has 3 rings (SSSR count). The van der Waals surface area contributed by atoms with Gasteiger partial charge in [-0.15, -0.1) is 11.8 Å². The van der Waals surface area contributed by atoms with E-state index in [0.29, 0.717) is 5.56 Å². The van der Waals surface area contributed by atoms with E-state index in [1.807, 2.05) is 12.1 Å². The van der Waals surface area contributed by atoms with E-state index in [0.717, 1.165) is 42.2 Å². The van der Waals surface area contributed by atoms with Crippen molar-refractivity contribution in [2.75, 3.05) is 17.7 Å². The summed E-state index contributed by atoms with van der Waals surface area (Å²) in [5.41, 5.74) is -0.243. The van der Waals surface area contributed by atoms with E-state index in [-0.39, 0.29) is 11.8 Å². The summed E-state index contributed by atoms with van der Waals surface area (Å²) >= 11 is 1.52. The lowest BCUT2D eigenvalue weighted by Crippen LogP contribution is -2.15. The maximum Gasteiger partial charge on any atom is 0.416 e. The lowest BCUT2D eigenvalue weighted by atomic mass is 10.1. The van der Waals surface area contributed by atoms with E-state index in [1.165, 1.54) is 23.9 Å². The second-order valence-corrected chi connectivity index (χ2v) is 7.04. The summed E-state index contributed by atoms with van der Waals surface area (Å²) in [6.45, 7) is 0.767. The van der Waals surface area contributed by atoms with Gasteiger partial charge in [-0.3, -0.25) is 4.79 Å². The number of carbonyl (C=O) groups is 1. The maximum atomic E-state index is 12.8. The first-order valence-corrected chi connectivity index (χ1v) is 9.24. The Hall–Kier alpha value is -1.99. The van der Waals surface area contributed by atoms with Gasteiger partial charge in [0.05, 0.1) is 17.2 Å². The van der Waals surface area contributed by atoms with E-state index in [9.17, 15) is 18.0 Å². The number of benzene rings is 2. The van der Waals surface area contributed by atoms with E-state index in [2.05, 4.69) is 5.32 Å². The van der Waals surface area contributed by atoms with Gasteiger partial charge >= 0.3 is 6.18 Å². The van der Waals surface area contributed by atoms with Crippen molar-refractivity contribution in [1.29, 1.82) is 0 Å². The van der Waals surface area contributed by atoms with Gasteiger partial charge in [0, 0.05) is 22.9 Å². The van der Waals surface area contributed by atoms with Crippen molar-refractivity contribution in [3.8, 4) is 0 Å². The molecule has 3 nitrogen and oxygen atoms in total. The van der Waals surface area contributed by atoms with Crippen LogP contribution >= 0.6 is 11.8 Å². The fourth-order valence-corrected chi connectivity index (χ4v) is 3.83. The zero-order valence-electron chi connectivity index (χ0n) is 13.9. The molecule has 1 amide bonds. The average Bonchev–Trinajstić information content (AvgIpc) is 3.13. The molecule has 1 fully saturated rings. The Morgan fingerprint density at radius 2 is 2.00 bits per heavy atom. The topological polar surface area (TPSA) is 38.3 Å². The zero-order valence-corrected chi connectivity index (χ0v) is 14.7. The first-order chi connectivity index (χ1) is 12.4. The molecule has 0 bridgehead atoms. The highest BCUT2D eigenvalue weighted by molar-refractivity contribution is 7.99. The number of hydrogen-bond donors (Lipinski definition) is 1. The van der Waals surface area contributed by atoms with Crippen molar-refractivity contribution >= 4 is 23.4 Å². The lowest BCUT2D eigenvalue weighted by molar-refractivity contribution is -0.137. The number of ether oxygens (including phenoxy) is 1. The van der Waals surface area contributed by atoms with Gasteiger partial charge in [0.2, 0.25) is 0 Å². The van der Waals surface area contributed by atoms with Crippen LogP contribution in [0.3, 0.4) is 0 Å². The Bertz CT molecular complexity index is 773. The Morgan fingerprint density at radius 1 is 1.19 bits per heavy atom. The number of nitrogens with one attached hydrogen (secondary N) is 1. The van der Waals surface area contributed by atoms with Crippen LogP contribution in [0, 0.1) is 0 Å². The molecule has 1 aliphatic heterocycles. The molecule has 0 aliphatic carbocycles. The molecule has 0 aromatic heterocycles. The molecule has 1 N–H and O–H groups in total. The third-order valence-electron chi connectivity index (χ3n) is 4.03. The molecule has 0 unspecified atom stereocenters. The van der Waals surface area contributed by atoms with Crippen LogP contribution in [-0.4, -0.2) is 24.4 Å². The van der Waals surface area contributed by atoms with E-state index in [4.69, 9.17) is 4.74 Å². The van der Waals surface area contributed by atoms with Crippen molar-refractivity contribution in [3.63, 3.8) is 0 Å². The number of thioether (sulfide) groups is 1. The smallest absolute Gasteiger partial charge is 0.377 e. The standard InChI is InChI=1S/C19H18F3NO2S/c20-19(21,22)13-5-3-6-14(11-13)23-18(24)16-8-1-2-9-17(16)26-12-15-7-4-10-25-15/h1-3,5-6,8-9,11,15H,4,7,10,12H2,(H,23,24)/t15-/m0/s1. The van der Waals surface area contributed by atoms with Gasteiger partial charge in [0.1, 0.15) is 0 Å². The molecule has 1 heterocycles. The monoisotopic (exact) mass is 381 g/mol. The predicted octanol–water partition coefficient (Wildman–Crippen LogP) is 5.23. The quantitative estimate of drug-likeness (QED) is 0.721. The molecule has 2 aromatic carbocycles. The van der Waals surface area contributed by atoms with Crippen LogP contribution in [0.5, 0.6) is 0 Å². The number of hydrogen-bond acceptors (Lipinski definition) is 3. The average molecular weight is 381 g/mol. The lowest BCUT2D eigenvalue weighted by Gasteiger charge is -2.13. The summed E-state index contributed by atoms with van der Waals surface area (Å²) in [4.78, 5) is 13.3. The van der Waals surface area contributed by atoms with E-state index in [1.54, 1.807) is 12.1 Å². The highest BCUT2D eigenvalue weighted by atomic mass is 32.2. The molecule has 0 radical (unpaired) electrons. The second kappa shape index (κ2) is 8.14. The molecule has 7 heteroatoms. The van der Waals surface area contributed by atoms with Crippen molar-refractivity contribution < 1.29 is 22.7 Å². The van der Waals surface area contributed by atoms with Crippen molar-refractivity contribution in [2.45, 2.75) is 30.0 Å². The fourth-order valence-electron chi connectivity index (χ4n) is 2.71. The number of carbonyl (C=O) groups excluding carboxylic acids is 1. The largest absolute Gasteiger partial charge is 0.416 e. The Morgan fingerprint density at radius 3 is 2.73 bits per heavy atom. The number of rotatable bonds is 5. The van der Waals surface area contributed by atoms with Crippen molar-refractivity contribution in [1.82, 2.24) is 0 Å². The summed E-state index contributed by atoms with van der Waals surface area (Å²) in [5.74, 6) is 0.313. The van der Waals surface area contributed by atoms with Crippen molar-refractivity contribution in [2.24, 2.45) is 0 Å². The maximum absolute atomic E-state index is 12.8. The summed E-state index contributed by atoms with van der Waals surface area (Å²) in [5, 5.41) is 2.56. The molecule has 138 valence electrons. The molecule has 1 atom stereocenters. The summed E-state index contributed by atoms with van der Waals surface area (Å²) < 4.78 is 44.0. The molecule has 0 spiro atoms. The Kier molecular flexibility index (Phi) is 5.88. The molecular weight excluding hydrogens is 363 g/mol. The predicted molar refractivity (Wildman–Crippen MR) is 95.5 cm³/mol. The van der Waals surface area contributed by atoms with Crippen LogP contribution < -0.4 is 5.32 Å². The first-order valence-electron chi connectivity index (χ1n) is 8.25. The van der Waals surface area contributed by atoms with E-state index >= 15 is 0 Å². The van der Waals surface area contributed by atoms with Crippen molar-refractivity contribution in [3.05, 3.63) is 59.7 Å². The third-order valence-corrected chi connectivity index (χ3v) is 5.23. The highest BCUT2D eigenvalue weighted by Gasteiger charge is 2.30. The molecule has 26 heavy (non-hydrogen) atoms.